The fourth-order valence-corrected chi connectivity index (χ4v) is 3.85. The van der Waals surface area contributed by atoms with Crippen molar-refractivity contribution in [1.82, 2.24) is 14.9 Å². The molecule has 0 aliphatic carbocycles. The molecule has 3 aromatic rings. The maximum atomic E-state index is 11.8. The van der Waals surface area contributed by atoms with Crippen LogP contribution in [0.15, 0.2) is 43.1 Å². The first-order chi connectivity index (χ1) is 13.1. The Morgan fingerprint density at radius 3 is 3.04 bits per heavy atom. The lowest BCUT2D eigenvalue weighted by molar-refractivity contribution is -0.142. The number of hydrogen-bond acceptors (Lipinski definition) is 5. The Labute approximate surface area is 157 Å². The number of pyridine rings is 1. The molecule has 27 heavy (non-hydrogen) atoms. The number of nitrogens with zero attached hydrogens (tertiary/aromatic N) is 2. The maximum Gasteiger partial charge on any atom is 0.323 e. The van der Waals surface area contributed by atoms with Gasteiger partial charge in [-0.15, -0.1) is 6.58 Å². The van der Waals surface area contributed by atoms with Crippen LogP contribution < -0.4 is 10.1 Å². The molecule has 1 saturated heterocycles. The number of carbonyl (C=O) groups excluding carboxylic acids is 1. The van der Waals surface area contributed by atoms with Gasteiger partial charge in [-0.05, 0) is 18.6 Å². The highest BCUT2D eigenvalue weighted by atomic mass is 16.5. The average molecular weight is 365 g/mol. The third-order valence-corrected chi connectivity index (χ3v) is 5.05. The summed E-state index contributed by atoms with van der Waals surface area (Å²) in [7, 11) is 1.40. The van der Waals surface area contributed by atoms with E-state index in [2.05, 4.69) is 35.6 Å². The van der Waals surface area contributed by atoms with Gasteiger partial charge >= 0.3 is 5.97 Å². The first kappa shape index (κ1) is 17.5. The molecule has 140 valence electrons. The molecular weight excluding hydrogens is 342 g/mol. The van der Waals surface area contributed by atoms with E-state index in [1.54, 1.807) is 0 Å². The SMILES string of the molecule is C=CCn1cc(C)c2c3ccccc3nc(OC3CN[C@H](C(=O)OC)C3)c21. The molecule has 1 aliphatic rings. The Kier molecular flexibility index (Phi) is 4.58. The Balaban J connectivity index is 1.79. The molecular formula is C21H23N3O3. The van der Waals surface area contributed by atoms with Gasteiger partial charge in [0, 0.05) is 36.5 Å². The van der Waals surface area contributed by atoms with Crippen molar-refractivity contribution in [3.05, 3.63) is 48.7 Å². The van der Waals surface area contributed by atoms with Crippen LogP contribution in [0.5, 0.6) is 5.88 Å². The Hall–Kier alpha value is -2.86. The highest BCUT2D eigenvalue weighted by Gasteiger charge is 2.32. The molecule has 2 aromatic heterocycles. The largest absolute Gasteiger partial charge is 0.471 e. The molecule has 3 heterocycles. The number of hydrogen-bond donors (Lipinski definition) is 1. The van der Waals surface area contributed by atoms with Crippen molar-refractivity contribution in [3.8, 4) is 5.88 Å². The Bertz CT molecular complexity index is 1020. The summed E-state index contributed by atoms with van der Waals surface area (Å²) in [6.45, 7) is 7.22. The molecule has 1 unspecified atom stereocenters. The molecule has 1 fully saturated rings. The van der Waals surface area contributed by atoms with Crippen LogP contribution in [0.4, 0.5) is 0 Å². The van der Waals surface area contributed by atoms with Gasteiger partial charge in [-0.3, -0.25) is 4.79 Å². The number of allylic oxidation sites excluding steroid dienone is 1. The summed E-state index contributed by atoms with van der Waals surface area (Å²) in [4.78, 5) is 16.6. The number of aromatic nitrogens is 2. The number of ether oxygens (including phenoxy) is 2. The van der Waals surface area contributed by atoms with Crippen molar-refractivity contribution in [2.45, 2.75) is 32.0 Å². The summed E-state index contributed by atoms with van der Waals surface area (Å²) in [5, 5.41) is 5.41. The second kappa shape index (κ2) is 7.04. The van der Waals surface area contributed by atoms with Crippen molar-refractivity contribution < 1.29 is 14.3 Å². The van der Waals surface area contributed by atoms with E-state index in [9.17, 15) is 4.79 Å². The molecule has 1 N–H and O–H groups in total. The fraction of sp³-hybridized carbons (Fsp3) is 0.333. The monoisotopic (exact) mass is 365 g/mol. The number of esters is 1. The molecule has 0 bridgehead atoms. The molecule has 0 radical (unpaired) electrons. The highest BCUT2D eigenvalue weighted by Crippen LogP contribution is 2.35. The van der Waals surface area contributed by atoms with Gasteiger partial charge in [0.25, 0.3) is 0 Å². The van der Waals surface area contributed by atoms with Gasteiger partial charge in [0.05, 0.1) is 12.6 Å². The van der Waals surface area contributed by atoms with Crippen molar-refractivity contribution in [3.63, 3.8) is 0 Å². The minimum Gasteiger partial charge on any atom is -0.471 e. The summed E-state index contributed by atoms with van der Waals surface area (Å²) in [6.07, 6.45) is 4.39. The number of fused-ring (bicyclic) bond motifs is 3. The van der Waals surface area contributed by atoms with Crippen LogP contribution >= 0.6 is 0 Å². The van der Waals surface area contributed by atoms with E-state index in [4.69, 9.17) is 14.5 Å². The van der Waals surface area contributed by atoms with Crippen LogP contribution in [0, 0.1) is 6.92 Å². The van der Waals surface area contributed by atoms with E-state index in [0.717, 1.165) is 21.8 Å². The molecule has 1 aliphatic heterocycles. The van der Waals surface area contributed by atoms with Crippen molar-refractivity contribution in [2.75, 3.05) is 13.7 Å². The lowest BCUT2D eigenvalue weighted by Crippen LogP contribution is -2.31. The normalized spacial score (nSPS) is 19.5. The van der Waals surface area contributed by atoms with Gasteiger partial charge in [0.1, 0.15) is 17.7 Å². The molecule has 4 rings (SSSR count). The maximum absolute atomic E-state index is 11.8. The molecule has 1 aromatic carbocycles. The molecule has 2 atom stereocenters. The number of carbonyl (C=O) groups is 1. The van der Waals surface area contributed by atoms with E-state index in [0.29, 0.717) is 25.4 Å². The van der Waals surface area contributed by atoms with Gasteiger partial charge in [0.15, 0.2) is 0 Å². The predicted octanol–water partition coefficient (Wildman–Crippen LogP) is 2.97. The molecule has 0 spiro atoms. The number of benzene rings is 1. The number of aryl methyl sites for hydroxylation is 1. The standard InChI is InChI=1S/C21H23N3O3/c1-4-9-24-12-13(2)18-15-7-5-6-8-16(15)23-20(19(18)24)27-14-10-17(22-11-14)21(25)26-3/h4-8,12,14,17,22H,1,9-11H2,2-3H3/t14?,17-/m0/s1. The van der Waals surface area contributed by atoms with E-state index < -0.39 is 0 Å². The summed E-state index contributed by atoms with van der Waals surface area (Å²) in [5.74, 6) is 0.333. The minimum absolute atomic E-state index is 0.140. The molecule has 6 heteroatoms. The Morgan fingerprint density at radius 2 is 2.26 bits per heavy atom. The molecule has 6 nitrogen and oxygen atoms in total. The van der Waals surface area contributed by atoms with Gasteiger partial charge in [0.2, 0.25) is 5.88 Å². The van der Waals surface area contributed by atoms with E-state index >= 15 is 0 Å². The topological polar surface area (TPSA) is 65.4 Å². The van der Waals surface area contributed by atoms with Crippen molar-refractivity contribution in [2.24, 2.45) is 0 Å². The van der Waals surface area contributed by atoms with Gasteiger partial charge in [-0.1, -0.05) is 24.3 Å². The van der Waals surface area contributed by atoms with E-state index in [-0.39, 0.29) is 18.1 Å². The highest BCUT2D eigenvalue weighted by molar-refractivity contribution is 6.08. The molecule has 0 amide bonds. The van der Waals surface area contributed by atoms with Crippen molar-refractivity contribution in [1.29, 1.82) is 0 Å². The van der Waals surface area contributed by atoms with Crippen LogP contribution in [0.1, 0.15) is 12.0 Å². The minimum atomic E-state index is -0.336. The average Bonchev–Trinajstić information content (AvgIpc) is 3.27. The van der Waals surface area contributed by atoms with Gasteiger partial charge in [-0.2, -0.15) is 0 Å². The Morgan fingerprint density at radius 1 is 1.44 bits per heavy atom. The number of nitrogens with one attached hydrogen (secondary N) is 1. The summed E-state index contributed by atoms with van der Waals surface area (Å²) in [6, 6.07) is 7.75. The smallest absolute Gasteiger partial charge is 0.323 e. The van der Waals surface area contributed by atoms with Crippen LogP contribution in [-0.4, -0.2) is 41.3 Å². The quantitative estimate of drug-likeness (QED) is 0.556. The first-order valence-corrected chi connectivity index (χ1v) is 9.09. The zero-order valence-corrected chi connectivity index (χ0v) is 15.6. The zero-order valence-electron chi connectivity index (χ0n) is 15.6. The number of rotatable bonds is 5. The van der Waals surface area contributed by atoms with Crippen molar-refractivity contribution >= 4 is 27.8 Å². The molecule has 0 saturated carbocycles. The number of para-hydroxylation sites is 1. The van der Waals surface area contributed by atoms with E-state index in [1.807, 2.05) is 24.3 Å². The van der Waals surface area contributed by atoms with Gasteiger partial charge < -0.3 is 19.4 Å². The fourth-order valence-electron chi connectivity index (χ4n) is 3.85. The second-order valence-corrected chi connectivity index (χ2v) is 6.87. The number of methoxy groups -OCH3 is 1. The third kappa shape index (κ3) is 3.06. The lowest BCUT2D eigenvalue weighted by atomic mass is 10.1. The first-order valence-electron chi connectivity index (χ1n) is 9.09. The van der Waals surface area contributed by atoms with Gasteiger partial charge in [-0.25, -0.2) is 4.98 Å². The van der Waals surface area contributed by atoms with Crippen LogP contribution in [0.25, 0.3) is 21.8 Å². The van der Waals surface area contributed by atoms with Crippen LogP contribution in [0.2, 0.25) is 0 Å². The van der Waals surface area contributed by atoms with Crippen LogP contribution in [-0.2, 0) is 16.1 Å². The van der Waals surface area contributed by atoms with Crippen LogP contribution in [0.3, 0.4) is 0 Å². The van der Waals surface area contributed by atoms with E-state index in [1.165, 1.54) is 12.7 Å². The third-order valence-electron chi connectivity index (χ3n) is 5.05. The zero-order chi connectivity index (χ0) is 19.0. The predicted molar refractivity (Wildman–Crippen MR) is 105 cm³/mol. The summed E-state index contributed by atoms with van der Waals surface area (Å²) in [5.41, 5.74) is 3.04. The second-order valence-electron chi connectivity index (χ2n) is 6.87. The lowest BCUT2D eigenvalue weighted by Gasteiger charge is -2.15. The summed E-state index contributed by atoms with van der Waals surface area (Å²) >= 11 is 0. The summed E-state index contributed by atoms with van der Waals surface area (Å²) < 4.78 is 13.2.